The molecule has 0 unspecified atom stereocenters. The van der Waals surface area contributed by atoms with Gasteiger partial charge in [-0.2, -0.15) is 10.1 Å². The molecule has 156 valence electrons. The lowest BCUT2D eigenvalue weighted by Gasteiger charge is -2.33. The standard InChI is InChI=1S/C22H19Cl2N7/c23-15-2-3-19-17(11-15)21(28-22(24)27-19)29-9-5-18-14(13-29)10-16(12-25-18)30-7-1-8-31-20(30)4-6-26-31/h2-4,6,10-12H,1,5,7-9,13H2. The maximum absolute atomic E-state index is 6.26. The summed E-state index contributed by atoms with van der Waals surface area (Å²) in [6, 6.07) is 9.91. The molecule has 0 bridgehead atoms. The van der Waals surface area contributed by atoms with Gasteiger partial charge < -0.3 is 9.80 Å². The normalized spacial score (nSPS) is 15.8. The van der Waals surface area contributed by atoms with Crippen LogP contribution in [-0.4, -0.2) is 37.8 Å². The molecule has 0 radical (unpaired) electrons. The summed E-state index contributed by atoms with van der Waals surface area (Å²) in [5.41, 5.74) is 4.22. The Morgan fingerprint density at radius 2 is 1.90 bits per heavy atom. The molecule has 0 atom stereocenters. The zero-order valence-electron chi connectivity index (χ0n) is 16.7. The van der Waals surface area contributed by atoms with Crippen molar-refractivity contribution >= 4 is 51.4 Å². The van der Waals surface area contributed by atoms with Crippen molar-refractivity contribution in [2.24, 2.45) is 0 Å². The largest absolute Gasteiger partial charge is 0.351 e. The summed E-state index contributed by atoms with van der Waals surface area (Å²) >= 11 is 12.5. The fourth-order valence-electron chi connectivity index (χ4n) is 4.52. The van der Waals surface area contributed by atoms with Gasteiger partial charge in [-0.15, -0.1) is 0 Å². The molecule has 0 spiro atoms. The molecule has 5 heterocycles. The van der Waals surface area contributed by atoms with Gasteiger partial charge in [-0.1, -0.05) is 11.6 Å². The summed E-state index contributed by atoms with van der Waals surface area (Å²) in [4.78, 5) is 18.2. The minimum atomic E-state index is 0.240. The predicted molar refractivity (Wildman–Crippen MR) is 122 cm³/mol. The van der Waals surface area contributed by atoms with Crippen molar-refractivity contribution in [3.8, 4) is 0 Å². The molecule has 4 aromatic rings. The van der Waals surface area contributed by atoms with Crippen molar-refractivity contribution in [1.29, 1.82) is 0 Å². The van der Waals surface area contributed by atoms with Crippen LogP contribution in [0.4, 0.5) is 17.3 Å². The molecule has 9 heteroatoms. The predicted octanol–water partition coefficient (Wildman–Crippen LogP) is 4.63. The SMILES string of the molecule is Clc1ccc2nc(Cl)nc(N3CCc4ncc(N5CCCn6nccc65)cc4C3)c2c1. The van der Waals surface area contributed by atoms with Crippen molar-refractivity contribution < 1.29 is 0 Å². The molecule has 0 aliphatic carbocycles. The molecule has 0 N–H and O–H groups in total. The fraction of sp³-hybridized carbons (Fsp3) is 0.273. The summed E-state index contributed by atoms with van der Waals surface area (Å²) in [5.74, 6) is 1.92. The van der Waals surface area contributed by atoms with Crippen molar-refractivity contribution in [2.75, 3.05) is 22.9 Å². The first kappa shape index (κ1) is 18.8. The number of benzene rings is 1. The van der Waals surface area contributed by atoms with Crippen molar-refractivity contribution in [1.82, 2.24) is 24.7 Å². The molecule has 0 saturated carbocycles. The van der Waals surface area contributed by atoms with E-state index in [4.69, 9.17) is 28.2 Å². The number of pyridine rings is 1. The van der Waals surface area contributed by atoms with Crippen LogP contribution in [0.15, 0.2) is 42.7 Å². The molecule has 0 fully saturated rings. The van der Waals surface area contributed by atoms with Crippen molar-refractivity contribution in [2.45, 2.75) is 25.9 Å². The molecule has 2 aliphatic heterocycles. The molecule has 2 aliphatic rings. The van der Waals surface area contributed by atoms with Crippen molar-refractivity contribution in [3.05, 3.63) is 64.3 Å². The Bertz CT molecular complexity index is 1300. The Hall–Kier alpha value is -2.90. The average Bonchev–Trinajstić information content (AvgIpc) is 3.27. The second-order valence-electron chi connectivity index (χ2n) is 7.87. The Balaban J connectivity index is 1.38. The molecule has 1 aromatic carbocycles. The summed E-state index contributed by atoms with van der Waals surface area (Å²) < 4.78 is 2.05. The van der Waals surface area contributed by atoms with Gasteiger partial charge in [0.15, 0.2) is 0 Å². The number of nitrogens with zero attached hydrogens (tertiary/aromatic N) is 7. The van der Waals surface area contributed by atoms with Crippen molar-refractivity contribution in [3.63, 3.8) is 0 Å². The van der Waals surface area contributed by atoms with Gasteiger partial charge in [0.2, 0.25) is 5.28 Å². The number of aromatic nitrogens is 5. The van der Waals surface area contributed by atoms with Gasteiger partial charge in [0, 0.05) is 54.8 Å². The van der Waals surface area contributed by atoms with Crippen LogP contribution < -0.4 is 9.80 Å². The molecule has 3 aromatic heterocycles. The maximum atomic E-state index is 6.26. The monoisotopic (exact) mass is 451 g/mol. The van der Waals surface area contributed by atoms with Gasteiger partial charge in [-0.05, 0) is 47.9 Å². The van der Waals surface area contributed by atoms with Crippen LogP contribution in [0.5, 0.6) is 0 Å². The second kappa shape index (κ2) is 7.35. The number of hydrogen-bond donors (Lipinski definition) is 0. The number of aryl methyl sites for hydroxylation is 1. The summed E-state index contributed by atoms with van der Waals surface area (Å²) in [5, 5.41) is 6.23. The highest BCUT2D eigenvalue weighted by Gasteiger charge is 2.24. The van der Waals surface area contributed by atoms with E-state index in [9.17, 15) is 0 Å². The van der Waals surface area contributed by atoms with Crippen LogP contribution >= 0.6 is 23.2 Å². The molecular formula is C22H19Cl2N7. The van der Waals surface area contributed by atoms with E-state index < -0.39 is 0 Å². The molecule has 6 rings (SSSR count). The Labute approximate surface area is 189 Å². The first-order valence-electron chi connectivity index (χ1n) is 10.3. The Kier molecular flexibility index (Phi) is 4.47. The first-order chi connectivity index (χ1) is 15.2. The molecule has 0 amide bonds. The summed E-state index contributed by atoms with van der Waals surface area (Å²) in [6.45, 7) is 3.43. The Morgan fingerprint density at radius 3 is 2.84 bits per heavy atom. The highest BCUT2D eigenvalue weighted by Crippen LogP contribution is 2.34. The van der Waals surface area contributed by atoms with E-state index in [0.717, 1.165) is 66.4 Å². The van der Waals surface area contributed by atoms with Crippen LogP contribution in [0, 0.1) is 0 Å². The van der Waals surface area contributed by atoms with Gasteiger partial charge in [0.25, 0.3) is 0 Å². The van der Waals surface area contributed by atoms with Gasteiger partial charge >= 0.3 is 0 Å². The van der Waals surface area contributed by atoms with Crippen LogP contribution in [0.1, 0.15) is 17.7 Å². The minimum absolute atomic E-state index is 0.240. The zero-order chi connectivity index (χ0) is 20.9. The van der Waals surface area contributed by atoms with Crippen LogP contribution in [0.25, 0.3) is 10.9 Å². The number of hydrogen-bond acceptors (Lipinski definition) is 6. The second-order valence-corrected chi connectivity index (χ2v) is 8.64. The number of anilines is 3. The number of fused-ring (bicyclic) bond motifs is 3. The smallest absolute Gasteiger partial charge is 0.224 e. The van der Waals surface area contributed by atoms with Crippen LogP contribution in [-0.2, 0) is 19.5 Å². The van der Waals surface area contributed by atoms with Crippen LogP contribution in [0.3, 0.4) is 0 Å². The van der Waals surface area contributed by atoms with E-state index in [0.29, 0.717) is 11.6 Å². The van der Waals surface area contributed by atoms with Gasteiger partial charge in [-0.25, -0.2) is 9.67 Å². The Morgan fingerprint density at radius 1 is 0.968 bits per heavy atom. The minimum Gasteiger partial charge on any atom is -0.351 e. The lowest BCUT2D eigenvalue weighted by Crippen LogP contribution is -2.33. The third kappa shape index (κ3) is 3.28. The topological polar surface area (TPSA) is 63.0 Å². The molecule has 7 nitrogen and oxygen atoms in total. The van der Waals surface area contributed by atoms with E-state index in [2.05, 4.69) is 37.0 Å². The summed E-state index contributed by atoms with van der Waals surface area (Å²) in [7, 11) is 0. The summed E-state index contributed by atoms with van der Waals surface area (Å²) in [6.07, 6.45) is 5.74. The van der Waals surface area contributed by atoms with Gasteiger partial charge in [0.1, 0.15) is 11.6 Å². The van der Waals surface area contributed by atoms with E-state index in [1.807, 2.05) is 35.3 Å². The van der Waals surface area contributed by atoms with E-state index in [-0.39, 0.29) is 5.28 Å². The third-order valence-corrected chi connectivity index (χ3v) is 6.37. The lowest BCUT2D eigenvalue weighted by molar-refractivity contribution is 0.541. The maximum Gasteiger partial charge on any atom is 0.224 e. The lowest BCUT2D eigenvalue weighted by atomic mass is 10.0. The van der Waals surface area contributed by atoms with Crippen LogP contribution in [0.2, 0.25) is 10.3 Å². The number of halogens is 2. The van der Waals surface area contributed by atoms with Gasteiger partial charge in [0.05, 0.1) is 23.6 Å². The van der Waals surface area contributed by atoms with E-state index in [1.54, 1.807) is 0 Å². The van der Waals surface area contributed by atoms with Gasteiger partial charge in [-0.3, -0.25) is 4.98 Å². The molecule has 31 heavy (non-hydrogen) atoms. The fourth-order valence-corrected chi connectivity index (χ4v) is 4.86. The molecule has 0 saturated heterocycles. The van der Waals surface area contributed by atoms with E-state index >= 15 is 0 Å². The quantitative estimate of drug-likeness (QED) is 0.414. The number of rotatable bonds is 2. The first-order valence-corrected chi connectivity index (χ1v) is 11.1. The molecular weight excluding hydrogens is 433 g/mol. The van der Waals surface area contributed by atoms with E-state index in [1.165, 1.54) is 5.56 Å². The highest BCUT2D eigenvalue weighted by molar-refractivity contribution is 6.31. The zero-order valence-corrected chi connectivity index (χ0v) is 18.2. The average molecular weight is 452 g/mol. The highest BCUT2D eigenvalue weighted by atomic mass is 35.5. The third-order valence-electron chi connectivity index (χ3n) is 5.97.